The summed E-state index contributed by atoms with van der Waals surface area (Å²) in [5.41, 5.74) is 1.94. The molecule has 0 aliphatic carbocycles. The Morgan fingerprint density at radius 2 is 1.90 bits per heavy atom. The van der Waals surface area contributed by atoms with Gasteiger partial charge in [0.25, 0.3) is 5.91 Å². The van der Waals surface area contributed by atoms with Crippen LogP contribution in [0.2, 0.25) is 5.02 Å². The van der Waals surface area contributed by atoms with E-state index in [1.165, 1.54) is 11.3 Å². The summed E-state index contributed by atoms with van der Waals surface area (Å²) in [6.45, 7) is 9.43. The number of aromatic nitrogens is 1. The first-order valence-corrected chi connectivity index (χ1v) is 11.0. The van der Waals surface area contributed by atoms with Crippen LogP contribution in [0.1, 0.15) is 19.4 Å². The van der Waals surface area contributed by atoms with E-state index in [9.17, 15) is 4.79 Å². The van der Waals surface area contributed by atoms with E-state index in [1.54, 1.807) is 4.90 Å². The lowest BCUT2D eigenvalue weighted by Gasteiger charge is -2.24. The maximum atomic E-state index is 13.1. The number of anilines is 1. The van der Waals surface area contributed by atoms with Gasteiger partial charge in [0.05, 0.1) is 10.2 Å². The normalized spacial score (nSPS) is 10.8. The lowest BCUT2D eigenvalue weighted by molar-refractivity contribution is -0.120. The molecule has 30 heavy (non-hydrogen) atoms. The minimum absolute atomic E-state index is 0. The highest BCUT2D eigenvalue weighted by molar-refractivity contribution is 7.22. The first-order chi connectivity index (χ1) is 14.0. The molecule has 8 heteroatoms. The average Bonchev–Trinajstić information content (AvgIpc) is 3.12. The van der Waals surface area contributed by atoms with Gasteiger partial charge >= 0.3 is 0 Å². The third-order valence-corrected chi connectivity index (χ3v) is 6.03. The van der Waals surface area contributed by atoms with E-state index in [0.29, 0.717) is 22.4 Å². The highest BCUT2D eigenvalue weighted by Crippen LogP contribution is 2.31. The van der Waals surface area contributed by atoms with Gasteiger partial charge in [-0.25, -0.2) is 4.98 Å². The van der Waals surface area contributed by atoms with Crippen LogP contribution in [0.4, 0.5) is 5.13 Å². The van der Waals surface area contributed by atoms with Crippen LogP contribution < -0.4 is 9.64 Å². The Bertz CT molecular complexity index is 976. The Balaban J connectivity index is 0.00000320. The Kier molecular flexibility index (Phi) is 9.37. The van der Waals surface area contributed by atoms with Crippen molar-refractivity contribution in [3.63, 3.8) is 0 Å². The van der Waals surface area contributed by atoms with Gasteiger partial charge < -0.3 is 9.64 Å². The Morgan fingerprint density at radius 1 is 1.13 bits per heavy atom. The largest absolute Gasteiger partial charge is 0.484 e. The summed E-state index contributed by atoms with van der Waals surface area (Å²) >= 11 is 7.59. The van der Waals surface area contributed by atoms with Crippen LogP contribution in [0.15, 0.2) is 42.5 Å². The zero-order valence-electron chi connectivity index (χ0n) is 17.4. The number of ether oxygens (including phenoxy) is 1. The molecule has 2 aromatic carbocycles. The molecule has 0 aliphatic rings. The fraction of sp³-hybridized carbons (Fsp3) is 0.364. The lowest BCUT2D eigenvalue weighted by Crippen LogP contribution is -2.41. The van der Waals surface area contributed by atoms with Crippen molar-refractivity contribution in [2.45, 2.75) is 20.8 Å². The van der Waals surface area contributed by atoms with Gasteiger partial charge in [0.2, 0.25) is 0 Å². The Hall–Kier alpha value is -1.86. The van der Waals surface area contributed by atoms with Gasteiger partial charge in [-0.3, -0.25) is 9.69 Å². The molecule has 0 aliphatic heterocycles. The third kappa shape index (κ3) is 6.32. The maximum Gasteiger partial charge on any atom is 0.266 e. The van der Waals surface area contributed by atoms with Crippen molar-refractivity contribution in [3.05, 3.63) is 53.1 Å². The standard InChI is InChI=1S/C22H26ClN3O2S.ClH/c1-4-25(5-2)11-12-26(21(27)15-28-18-8-6-7-16(3)13-18)22-24-19-10-9-17(23)14-20(19)29-22;/h6-10,13-14H,4-5,11-12,15H2,1-3H3;1H. The molecule has 1 amide bonds. The second-order valence-corrected chi connectivity index (χ2v) is 8.23. The molecule has 0 fully saturated rings. The van der Waals surface area contributed by atoms with Gasteiger partial charge in [0.1, 0.15) is 5.75 Å². The summed E-state index contributed by atoms with van der Waals surface area (Å²) in [5.74, 6) is 0.585. The number of benzene rings is 2. The number of nitrogens with zero attached hydrogens (tertiary/aromatic N) is 3. The van der Waals surface area contributed by atoms with Crippen molar-refractivity contribution in [2.75, 3.05) is 37.7 Å². The van der Waals surface area contributed by atoms with Crippen molar-refractivity contribution < 1.29 is 9.53 Å². The van der Waals surface area contributed by atoms with Crippen LogP contribution in [0, 0.1) is 6.92 Å². The quantitative estimate of drug-likeness (QED) is 0.420. The van der Waals surface area contributed by atoms with E-state index in [4.69, 9.17) is 16.3 Å². The predicted molar refractivity (Wildman–Crippen MR) is 129 cm³/mol. The van der Waals surface area contributed by atoms with Gasteiger partial charge in [0.15, 0.2) is 11.7 Å². The maximum absolute atomic E-state index is 13.1. The first kappa shape index (κ1) is 24.4. The van der Waals surface area contributed by atoms with Gasteiger partial charge in [-0.15, -0.1) is 12.4 Å². The number of halogens is 2. The summed E-state index contributed by atoms with van der Waals surface area (Å²) < 4.78 is 6.72. The zero-order valence-corrected chi connectivity index (χ0v) is 19.8. The van der Waals surface area contributed by atoms with Gasteiger partial charge in [-0.1, -0.05) is 48.9 Å². The van der Waals surface area contributed by atoms with E-state index in [1.807, 2.05) is 49.4 Å². The molecule has 0 saturated carbocycles. The molecule has 0 atom stereocenters. The summed E-state index contributed by atoms with van der Waals surface area (Å²) in [4.78, 5) is 21.7. The van der Waals surface area contributed by atoms with E-state index < -0.39 is 0 Å². The molecule has 162 valence electrons. The first-order valence-electron chi connectivity index (χ1n) is 9.78. The Morgan fingerprint density at radius 3 is 2.60 bits per heavy atom. The molecule has 5 nitrogen and oxygen atoms in total. The minimum atomic E-state index is -0.108. The van der Waals surface area contributed by atoms with Crippen molar-refractivity contribution in [1.82, 2.24) is 9.88 Å². The number of carbonyl (C=O) groups excluding carboxylic acids is 1. The number of hydrogen-bond donors (Lipinski definition) is 0. The van der Waals surface area contributed by atoms with Crippen molar-refractivity contribution in [1.29, 1.82) is 0 Å². The number of fused-ring (bicyclic) bond motifs is 1. The van der Waals surface area contributed by atoms with Crippen LogP contribution in [-0.4, -0.2) is 48.6 Å². The molecule has 0 bridgehead atoms. The molecule has 1 heterocycles. The summed E-state index contributed by atoms with van der Waals surface area (Å²) in [6, 6.07) is 13.3. The zero-order chi connectivity index (χ0) is 20.8. The number of aryl methyl sites for hydroxylation is 1. The van der Waals surface area contributed by atoms with Crippen LogP contribution in [0.3, 0.4) is 0 Å². The molecule has 0 radical (unpaired) electrons. The monoisotopic (exact) mass is 467 g/mol. The van der Waals surface area contributed by atoms with Crippen molar-refractivity contribution >= 4 is 56.6 Å². The fourth-order valence-electron chi connectivity index (χ4n) is 3.04. The smallest absolute Gasteiger partial charge is 0.266 e. The topological polar surface area (TPSA) is 45.7 Å². The van der Waals surface area contributed by atoms with Gasteiger partial charge in [-0.05, 0) is 55.9 Å². The van der Waals surface area contributed by atoms with E-state index in [-0.39, 0.29) is 24.9 Å². The molecule has 3 rings (SSSR count). The van der Waals surface area contributed by atoms with Crippen LogP contribution >= 0.6 is 35.3 Å². The third-order valence-electron chi connectivity index (χ3n) is 4.76. The van der Waals surface area contributed by atoms with E-state index in [2.05, 4.69) is 23.7 Å². The van der Waals surface area contributed by atoms with Crippen LogP contribution in [0.25, 0.3) is 10.2 Å². The number of hydrogen-bond acceptors (Lipinski definition) is 5. The molecule has 0 N–H and O–H groups in total. The highest BCUT2D eigenvalue weighted by atomic mass is 35.5. The molecule has 3 aromatic rings. The fourth-order valence-corrected chi connectivity index (χ4v) is 4.32. The van der Waals surface area contributed by atoms with Gasteiger partial charge in [0, 0.05) is 18.1 Å². The molecule has 0 unspecified atom stereocenters. The van der Waals surface area contributed by atoms with E-state index >= 15 is 0 Å². The van der Waals surface area contributed by atoms with Crippen molar-refractivity contribution in [2.24, 2.45) is 0 Å². The lowest BCUT2D eigenvalue weighted by atomic mass is 10.2. The second kappa shape index (κ2) is 11.5. The predicted octanol–water partition coefficient (Wildman–Crippen LogP) is 5.43. The number of amides is 1. The molecule has 1 aromatic heterocycles. The number of rotatable bonds is 9. The second-order valence-electron chi connectivity index (χ2n) is 6.79. The molecule has 0 spiro atoms. The SMILES string of the molecule is CCN(CC)CCN(C(=O)COc1cccc(C)c1)c1nc2ccc(Cl)cc2s1.Cl. The number of likely N-dealkylation sites (N-methyl/N-ethyl adjacent to an activating group) is 1. The van der Waals surface area contributed by atoms with Crippen LogP contribution in [-0.2, 0) is 4.79 Å². The summed E-state index contributed by atoms with van der Waals surface area (Å²) in [7, 11) is 0. The molecular formula is C22H27Cl2N3O2S. The Labute approximate surface area is 193 Å². The highest BCUT2D eigenvalue weighted by Gasteiger charge is 2.21. The number of thiazole rings is 1. The van der Waals surface area contributed by atoms with Crippen molar-refractivity contribution in [3.8, 4) is 5.75 Å². The van der Waals surface area contributed by atoms with Crippen LogP contribution in [0.5, 0.6) is 5.75 Å². The molecular weight excluding hydrogens is 441 g/mol. The number of carbonyl (C=O) groups is 1. The van der Waals surface area contributed by atoms with E-state index in [0.717, 1.165) is 35.4 Å². The minimum Gasteiger partial charge on any atom is -0.484 e. The molecule has 0 saturated heterocycles. The summed E-state index contributed by atoms with van der Waals surface area (Å²) in [5, 5.41) is 1.34. The van der Waals surface area contributed by atoms with Gasteiger partial charge in [-0.2, -0.15) is 0 Å². The summed E-state index contributed by atoms with van der Waals surface area (Å²) in [6.07, 6.45) is 0. The average molecular weight is 468 g/mol.